The first-order valence-corrected chi connectivity index (χ1v) is 10.2. The number of fused-ring (bicyclic) bond motifs is 1. The number of anilines is 2. The molecule has 0 aliphatic heterocycles. The monoisotopic (exact) mass is 394 g/mol. The maximum atomic E-state index is 12.6. The molecular weight excluding hydrogens is 368 g/mol. The number of hydrazone groups is 1. The minimum Gasteiger partial charge on any atom is -0.322 e. The molecule has 0 fully saturated rings. The summed E-state index contributed by atoms with van der Waals surface area (Å²) in [7, 11) is 0. The Kier molecular flexibility index (Phi) is 5.79. The molecule has 0 aliphatic rings. The number of benzene rings is 2. The van der Waals surface area contributed by atoms with E-state index in [1.807, 2.05) is 49.4 Å². The van der Waals surface area contributed by atoms with Gasteiger partial charge >= 0.3 is 0 Å². The van der Waals surface area contributed by atoms with Gasteiger partial charge in [-0.25, -0.2) is 4.98 Å². The average Bonchev–Trinajstić information content (AvgIpc) is 3.07. The SMILES string of the molecule is CC/C(C)=N\Nc1nc2cc(NC(=O)c3ccc(C(C)(C)C)cc3)ccc2s1. The maximum Gasteiger partial charge on any atom is 0.255 e. The second-order valence-corrected chi connectivity index (χ2v) is 8.83. The van der Waals surface area contributed by atoms with Gasteiger partial charge in [-0.15, -0.1) is 0 Å². The summed E-state index contributed by atoms with van der Waals surface area (Å²) in [5.41, 5.74) is 7.48. The van der Waals surface area contributed by atoms with E-state index in [4.69, 9.17) is 0 Å². The van der Waals surface area contributed by atoms with Gasteiger partial charge < -0.3 is 5.32 Å². The molecule has 3 rings (SSSR count). The number of aromatic nitrogens is 1. The van der Waals surface area contributed by atoms with Crippen LogP contribution in [0, 0.1) is 0 Å². The summed E-state index contributed by atoms with van der Waals surface area (Å²) < 4.78 is 1.04. The number of hydrogen-bond acceptors (Lipinski definition) is 5. The standard InChI is InChI=1S/C22H26N4OS/c1-6-14(2)25-26-21-24-18-13-17(11-12-19(18)28-21)23-20(27)15-7-9-16(10-8-15)22(3,4)5/h7-13H,6H2,1-5H3,(H,23,27)(H,24,26)/b25-14-. The van der Waals surface area contributed by atoms with E-state index in [2.05, 4.69) is 48.5 Å². The molecule has 0 bridgehead atoms. The van der Waals surface area contributed by atoms with Crippen LogP contribution in [0.15, 0.2) is 47.6 Å². The van der Waals surface area contributed by atoms with Gasteiger partial charge in [0.1, 0.15) is 0 Å². The van der Waals surface area contributed by atoms with E-state index < -0.39 is 0 Å². The largest absolute Gasteiger partial charge is 0.322 e. The van der Waals surface area contributed by atoms with Crippen molar-refractivity contribution >= 4 is 44.0 Å². The highest BCUT2D eigenvalue weighted by Crippen LogP contribution is 2.28. The van der Waals surface area contributed by atoms with Gasteiger partial charge in [-0.05, 0) is 54.7 Å². The Balaban J connectivity index is 1.74. The molecular formula is C22H26N4OS. The van der Waals surface area contributed by atoms with Gasteiger partial charge in [0.2, 0.25) is 5.13 Å². The lowest BCUT2D eigenvalue weighted by Crippen LogP contribution is -2.14. The van der Waals surface area contributed by atoms with Gasteiger partial charge in [-0.1, -0.05) is 51.2 Å². The first kappa shape index (κ1) is 20.0. The van der Waals surface area contributed by atoms with Crippen LogP contribution in [0.25, 0.3) is 10.2 Å². The van der Waals surface area contributed by atoms with Crippen LogP contribution in [0.2, 0.25) is 0 Å². The first-order valence-electron chi connectivity index (χ1n) is 9.38. The molecule has 0 radical (unpaired) electrons. The van der Waals surface area contributed by atoms with Gasteiger partial charge in [-0.2, -0.15) is 5.10 Å². The Morgan fingerprint density at radius 2 is 1.86 bits per heavy atom. The highest BCUT2D eigenvalue weighted by molar-refractivity contribution is 7.22. The van der Waals surface area contributed by atoms with Crippen molar-refractivity contribution in [1.82, 2.24) is 4.98 Å². The lowest BCUT2D eigenvalue weighted by Gasteiger charge is -2.19. The number of nitrogens with one attached hydrogen (secondary N) is 2. The van der Waals surface area contributed by atoms with Crippen LogP contribution < -0.4 is 10.7 Å². The van der Waals surface area contributed by atoms with Crippen molar-refractivity contribution in [3.05, 3.63) is 53.6 Å². The molecule has 3 aromatic rings. The molecule has 1 heterocycles. The molecule has 1 amide bonds. The summed E-state index contributed by atoms with van der Waals surface area (Å²) in [6, 6.07) is 13.5. The van der Waals surface area contributed by atoms with Crippen LogP contribution in [-0.4, -0.2) is 16.6 Å². The minimum atomic E-state index is -0.128. The molecule has 0 unspecified atom stereocenters. The first-order chi connectivity index (χ1) is 13.3. The summed E-state index contributed by atoms with van der Waals surface area (Å²) in [4.78, 5) is 17.1. The third-order valence-electron chi connectivity index (χ3n) is 4.51. The lowest BCUT2D eigenvalue weighted by atomic mass is 9.87. The van der Waals surface area contributed by atoms with E-state index in [0.717, 1.165) is 33.2 Å². The van der Waals surface area contributed by atoms with Crippen LogP contribution in [-0.2, 0) is 5.41 Å². The second-order valence-electron chi connectivity index (χ2n) is 7.80. The molecule has 28 heavy (non-hydrogen) atoms. The summed E-state index contributed by atoms with van der Waals surface area (Å²) in [6.45, 7) is 10.5. The molecule has 0 aliphatic carbocycles. The summed E-state index contributed by atoms with van der Waals surface area (Å²) in [5.74, 6) is -0.128. The molecule has 2 N–H and O–H groups in total. The normalized spacial score (nSPS) is 12.2. The third-order valence-corrected chi connectivity index (χ3v) is 5.45. The molecule has 1 aromatic heterocycles. The van der Waals surface area contributed by atoms with Gasteiger partial charge in [0.25, 0.3) is 5.91 Å². The number of hydrogen-bond donors (Lipinski definition) is 2. The summed E-state index contributed by atoms with van der Waals surface area (Å²) in [6.07, 6.45) is 0.894. The predicted molar refractivity (Wildman–Crippen MR) is 120 cm³/mol. The lowest BCUT2D eigenvalue weighted by molar-refractivity contribution is 0.102. The van der Waals surface area contributed by atoms with Crippen molar-refractivity contribution in [1.29, 1.82) is 0 Å². The quantitative estimate of drug-likeness (QED) is 0.409. The molecule has 6 heteroatoms. The van der Waals surface area contributed by atoms with Gasteiger partial charge in [0, 0.05) is 17.0 Å². The topological polar surface area (TPSA) is 66.4 Å². The molecule has 0 saturated heterocycles. The van der Waals surface area contributed by atoms with Gasteiger partial charge in [0.05, 0.1) is 10.2 Å². The number of nitrogens with zero attached hydrogens (tertiary/aromatic N) is 2. The summed E-state index contributed by atoms with van der Waals surface area (Å²) in [5, 5.41) is 7.98. The Bertz CT molecular complexity index is 1010. The number of carbonyl (C=O) groups excluding carboxylic acids is 1. The van der Waals surface area contributed by atoms with Crippen molar-refractivity contribution < 1.29 is 4.79 Å². The smallest absolute Gasteiger partial charge is 0.255 e. The fourth-order valence-corrected chi connectivity index (χ4v) is 3.39. The van der Waals surface area contributed by atoms with E-state index in [9.17, 15) is 4.79 Å². The van der Waals surface area contributed by atoms with Crippen LogP contribution in [0.5, 0.6) is 0 Å². The van der Waals surface area contributed by atoms with Crippen LogP contribution in [0.4, 0.5) is 10.8 Å². The van der Waals surface area contributed by atoms with E-state index in [1.165, 1.54) is 16.9 Å². The number of rotatable bonds is 5. The number of amides is 1. The zero-order chi connectivity index (χ0) is 20.3. The Morgan fingerprint density at radius 1 is 1.14 bits per heavy atom. The zero-order valence-corrected chi connectivity index (χ0v) is 17.8. The minimum absolute atomic E-state index is 0.0656. The zero-order valence-electron chi connectivity index (χ0n) is 17.0. The Labute approximate surface area is 169 Å². The number of carbonyl (C=O) groups is 1. The van der Waals surface area contributed by atoms with Crippen molar-refractivity contribution in [2.45, 2.75) is 46.5 Å². The molecule has 0 spiro atoms. The molecule has 2 aromatic carbocycles. The van der Waals surface area contributed by atoms with Gasteiger partial charge in [0.15, 0.2) is 0 Å². The second kappa shape index (κ2) is 8.10. The summed E-state index contributed by atoms with van der Waals surface area (Å²) >= 11 is 1.54. The highest BCUT2D eigenvalue weighted by atomic mass is 32.1. The van der Waals surface area contributed by atoms with Crippen molar-refractivity contribution in [3.63, 3.8) is 0 Å². The molecule has 5 nitrogen and oxygen atoms in total. The molecule has 0 atom stereocenters. The third kappa shape index (κ3) is 4.75. The predicted octanol–water partition coefficient (Wildman–Crippen LogP) is 6.04. The van der Waals surface area contributed by atoms with Crippen molar-refractivity contribution in [2.24, 2.45) is 5.10 Å². The average molecular weight is 395 g/mol. The Morgan fingerprint density at radius 3 is 2.50 bits per heavy atom. The highest BCUT2D eigenvalue weighted by Gasteiger charge is 2.14. The van der Waals surface area contributed by atoms with Crippen LogP contribution >= 0.6 is 11.3 Å². The van der Waals surface area contributed by atoms with E-state index in [0.29, 0.717) is 5.56 Å². The van der Waals surface area contributed by atoms with Crippen molar-refractivity contribution in [2.75, 3.05) is 10.7 Å². The fraction of sp³-hybridized carbons (Fsp3) is 0.318. The van der Waals surface area contributed by atoms with Gasteiger partial charge in [-0.3, -0.25) is 10.2 Å². The van der Waals surface area contributed by atoms with E-state index in [1.54, 1.807) is 0 Å². The van der Waals surface area contributed by atoms with Crippen LogP contribution in [0.3, 0.4) is 0 Å². The molecule has 146 valence electrons. The maximum absolute atomic E-state index is 12.6. The van der Waals surface area contributed by atoms with E-state index in [-0.39, 0.29) is 11.3 Å². The number of thiazole rings is 1. The molecule has 0 saturated carbocycles. The van der Waals surface area contributed by atoms with E-state index >= 15 is 0 Å². The van der Waals surface area contributed by atoms with Crippen LogP contribution in [0.1, 0.15) is 57.0 Å². The van der Waals surface area contributed by atoms with Crippen molar-refractivity contribution in [3.8, 4) is 0 Å². The Hall–Kier alpha value is -2.73. The fourth-order valence-electron chi connectivity index (χ4n) is 2.60.